The molecule has 148 valence electrons. The molecule has 2 N–H and O–H groups in total. The van der Waals surface area contributed by atoms with E-state index in [4.69, 9.17) is 5.26 Å². The van der Waals surface area contributed by atoms with Crippen molar-refractivity contribution >= 4 is 17.3 Å². The normalized spacial score (nSPS) is 17.8. The lowest BCUT2D eigenvalue weighted by Crippen LogP contribution is -2.35. The Kier molecular flexibility index (Phi) is 5.89. The van der Waals surface area contributed by atoms with E-state index in [0.717, 1.165) is 25.9 Å². The molecule has 1 saturated heterocycles. The quantitative estimate of drug-likeness (QED) is 0.801. The van der Waals surface area contributed by atoms with Crippen molar-refractivity contribution in [1.29, 1.82) is 5.26 Å². The molecule has 0 amide bonds. The summed E-state index contributed by atoms with van der Waals surface area (Å²) in [5.74, 6) is 0.594. The monoisotopic (exact) mass is 392 g/mol. The Morgan fingerprint density at radius 3 is 2.71 bits per heavy atom. The molecule has 11 heteroatoms. The number of likely N-dealkylation sites (tertiary alicyclic amines) is 1. The summed E-state index contributed by atoms with van der Waals surface area (Å²) in [7, 11) is 2.00. The van der Waals surface area contributed by atoms with Crippen molar-refractivity contribution in [3.63, 3.8) is 0 Å². The van der Waals surface area contributed by atoms with E-state index in [1.807, 2.05) is 13.1 Å². The van der Waals surface area contributed by atoms with Crippen LogP contribution >= 0.6 is 0 Å². The fourth-order valence-electron chi connectivity index (χ4n) is 3.07. The number of hydrogen-bond acceptors (Lipinski definition) is 8. The molecule has 0 aromatic carbocycles. The summed E-state index contributed by atoms with van der Waals surface area (Å²) >= 11 is 0. The number of nitrogens with one attached hydrogen (secondary N) is 2. The highest BCUT2D eigenvalue weighted by molar-refractivity contribution is 5.60. The van der Waals surface area contributed by atoms with Gasteiger partial charge in [0.1, 0.15) is 11.9 Å². The molecule has 28 heavy (non-hydrogen) atoms. The molecule has 1 atom stereocenters. The second-order valence-corrected chi connectivity index (χ2v) is 6.66. The molecule has 0 spiro atoms. The topological polar surface area (TPSA) is 103 Å². The molecule has 0 saturated carbocycles. The van der Waals surface area contributed by atoms with E-state index >= 15 is 0 Å². The first-order valence-electron chi connectivity index (χ1n) is 8.71. The number of rotatable bonds is 5. The number of halogens is 3. The van der Waals surface area contributed by atoms with Gasteiger partial charge < -0.3 is 15.5 Å². The fourth-order valence-corrected chi connectivity index (χ4v) is 3.07. The van der Waals surface area contributed by atoms with Crippen LogP contribution in [0.5, 0.6) is 0 Å². The van der Waals surface area contributed by atoms with E-state index < -0.39 is 11.9 Å². The zero-order valence-electron chi connectivity index (χ0n) is 15.2. The summed E-state index contributed by atoms with van der Waals surface area (Å²) in [5, 5.41) is 21.3. The number of nitriles is 1. The van der Waals surface area contributed by atoms with Crippen molar-refractivity contribution in [1.82, 2.24) is 25.1 Å². The zero-order valence-corrected chi connectivity index (χ0v) is 15.2. The van der Waals surface area contributed by atoms with Gasteiger partial charge in [-0.05, 0) is 32.4 Å². The van der Waals surface area contributed by atoms with Crippen LogP contribution in [0.1, 0.15) is 24.2 Å². The smallest absolute Gasteiger partial charge is 0.383 e. The van der Waals surface area contributed by atoms with Crippen LogP contribution in [0.3, 0.4) is 0 Å². The van der Waals surface area contributed by atoms with Crippen molar-refractivity contribution < 1.29 is 13.2 Å². The van der Waals surface area contributed by atoms with Crippen molar-refractivity contribution in [3.05, 3.63) is 29.8 Å². The largest absolute Gasteiger partial charge is 0.437 e. The van der Waals surface area contributed by atoms with Crippen LogP contribution in [-0.4, -0.2) is 51.7 Å². The van der Waals surface area contributed by atoms with Crippen molar-refractivity contribution in [3.8, 4) is 6.07 Å². The van der Waals surface area contributed by atoms with Crippen LogP contribution < -0.4 is 10.6 Å². The minimum absolute atomic E-state index is 0.0928. The van der Waals surface area contributed by atoms with Gasteiger partial charge in [-0.2, -0.15) is 18.4 Å². The minimum atomic E-state index is -4.62. The Bertz CT molecular complexity index is 847. The van der Waals surface area contributed by atoms with Crippen LogP contribution in [-0.2, 0) is 6.18 Å². The molecule has 1 aliphatic heterocycles. The van der Waals surface area contributed by atoms with Gasteiger partial charge >= 0.3 is 6.18 Å². The average molecular weight is 392 g/mol. The first-order valence-corrected chi connectivity index (χ1v) is 8.71. The third kappa shape index (κ3) is 5.04. The molecule has 0 radical (unpaired) electrons. The van der Waals surface area contributed by atoms with E-state index in [9.17, 15) is 13.2 Å². The molecule has 8 nitrogen and oxygen atoms in total. The third-order valence-electron chi connectivity index (χ3n) is 4.39. The molecule has 3 heterocycles. The number of nitrogens with zero attached hydrogens (tertiary/aromatic N) is 6. The minimum Gasteiger partial charge on any atom is -0.383 e. The molecule has 1 aliphatic rings. The summed E-state index contributed by atoms with van der Waals surface area (Å²) in [6.07, 6.45) is -0.0935. The molecule has 2 aromatic heterocycles. The van der Waals surface area contributed by atoms with Crippen LogP contribution in [0.15, 0.2) is 18.5 Å². The van der Waals surface area contributed by atoms with E-state index in [0.29, 0.717) is 6.54 Å². The summed E-state index contributed by atoms with van der Waals surface area (Å²) in [5.41, 5.74) is -1.07. The molecular formula is C17H19F3N8. The second kappa shape index (κ2) is 8.35. The number of hydrogen-bond donors (Lipinski definition) is 2. The van der Waals surface area contributed by atoms with E-state index in [1.165, 1.54) is 18.5 Å². The lowest BCUT2D eigenvalue weighted by Gasteiger charge is -2.30. The standard InChI is InChI=1S/C17H19F3N8/c1-28-4-2-3-11(10-28)7-23-13-5-14(26-27-16(13)17(18,19)20)25-15-9-22-12(6-21)8-24-15/h5,8-9,11H,2-4,7,10H2,1H3,(H2,23,24,25,26). The summed E-state index contributed by atoms with van der Waals surface area (Å²) < 4.78 is 39.9. The van der Waals surface area contributed by atoms with Crippen molar-refractivity contribution in [2.24, 2.45) is 5.92 Å². The van der Waals surface area contributed by atoms with Crippen LogP contribution in [0.4, 0.5) is 30.5 Å². The van der Waals surface area contributed by atoms with E-state index in [-0.39, 0.29) is 28.9 Å². The number of alkyl halides is 3. The van der Waals surface area contributed by atoms with Crippen LogP contribution in [0.25, 0.3) is 0 Å². The molecule has 2 aromatic rings. The Morgan fingerprint density at radius 2 is 2.07 bits per heavy atom. The number of anilines is 3. The summed E-state index contributed by atoms with van der Waals surface area (Å²) in [6.45, 7) is 2.24. The van der Waals surface area contributed by atoms with Gasteiger partial charge in [0.25, 0.3) is 0 Å². The Morgan fingerprint density at radius 1 is 1.25 bits per heavy atom. The molecule has 3 rings (SSSR count). The van der Waals surface area contributed by atoms with Gasteiger partial charge in [-0.3, -0.25) is 0 Å². The Hall–Kier alpha value is -3.00. The Labute approximate surface area is 159 Å². The number of piperidine rings is 1. The predicted molar refractivity (Wildman–Crippen MR) is 95.8 cm³/mol. The molecule has 0 aliphatic carbocycles. The summed E-state index contributed by atoms with van der Waals surface area (Å²) in [4.78, 5) is 9.97. The third-order valence-corrected chi connectivity index (χ3v) is 4.39. The average Bonchev–Trinajstić information content (AvgIpc) is 2.66. The van der Waals surface area contributed by atoms with Crippen LogP contribution in [0.2, 0.25) is 0 Å². The van der Waals surface area contributed by atoms with Gasteiger partial charge in [-0.15, -0.1) is 10.2 Å². The maximum Gasteiger partial charge on any atom is 0.437 e. The molecular weight excluding hydrogens is 373 g/mol. The van der Waals surface area contributed by atoms with E-state index in [2.05, 4.69) is 35.7 Å². The molecule has 1 unspecified atom stereocenters. The molecule has 0 bridgehead atoms. The highest BCUT2D eigenvalue weighted by atomic mass is 19.4. The van der Waals surface area contributed by atoms with Gasteiger partial charge in [0.05, 0.1) is 18.1 Å². The molecule has 1 fully saturated rings. The predicted octanol–water partition coefficient (Wildman–Crippen LogP) is 2.65. The lowest BCUT2D eigenvalue weighted by molar-refractivity contribution is -0.141. The highest BCUT2D eigenvalue weighted by Crippen LogP contribution is 2.34. The van der Waals surface area contributed by atoms with Gasteiger partial charge in [-0.1, -0.05) is 0 Å². The first-order chi connectivity index (χ1) is 13.3. The fraction of sp³-hybridized carbons (Fsp3) is 0.471. The Balaban J connectivity index is 1.77. The highest BCUT2D eigenvalue weighted by Gasteiger charge is 2.36. The van der Waals surface area contributed by atoms with Gasteiger partial charge in [-0.25, -0.2) is 9.97 Å². The summed E-state index contributed by atoms with van der Waals surface area (Å²) in [6, 6.07) is 3.09. The number of aromatic nitrogens is 4. The maximum absolute atomic E-state index is 13.3. The van der Waals surface area contributed by atoms with Crippen molar-refractivity contribution in [2.75, 3.05) is 37.3 Å². The second-order valence-electron chi connectivity index (χ2n) is 6.66. The van der Waals surface area contributed by atoms with E-state index in [1.54, 1.807) is 0 Å². The zero-order chi connectivity index (χ0) is 20.1. The van der Waals surface area contributed by atoms with Gasteiger partial charge in [0.2, 0.25) is 0 Å². The maximum atomic E-state index is 13.3. The lowest BCUT2D eigenvalue weighted by atomic mass is 9.98. The SMILES string of the molecule is CN1CCCC(CNc2cc(Nc3cnc(C#N)cn3)nnc2C(F)(F)F)C1. The first kappa shape index (κ1) is 19.8. The van der Waals surface area contributed by atoms with Gasteiger partial charge in [0, 0.05) is 19.2 Å². The van der Waals surface area contributed by atoms with Crippen molar-refractivity contribution in [2.45, 2.75) is 19.0 Å². The van der Waals surface area contributed by atoms with Gasteiger partial charge in [0.15, 0.2) is 17.2 Å². The van der Waals surface area contributed by atoms with Crippen LogP contribution in [0, 0.1) is 17.2 Å².